The van der Waals surface area contributed by atoms with Gasteiger partial charge >= 0.3 is 5.97 Å². The molecule has 0 unspecified atom stereocenters. The van der Waals surface area contributed by atoms with E-state index in [1.807, 2.05) is 6.92 Å². The topological polar surface area (TPSA) is 98.5 Å². The molecule has 0 saturated carbocycles. The number of carbonyl (C=O) groups excluding carboxylic acids is 2. The number of aryl methyl sites for hydroxylation is 1. The highest BCUT2D eigenvalue weighted by Crippen LogP contribution is 2.24. The number of rotatable bonds is 4. The van der Waals surface area contributed by atoms with Crippen LogP contribution in [0.1, 0.15) is 26.3 Å². The van der Waals surface area contributed by atoms with Gasteiger partial charge in [-0.15, -0.1) is 0 Å². The lowest BCUT2D eigenvalue weighted by Crippen LogP contribution is -2.14. The number of ether oxygens (including phenoxy) is 1. The first-order valence-electron chi connectivity index (χ1n) is 6.77. The summed E-state index contributed by atoms with van der Waals surface area (Å²) in [6.45, 7) is 1.85. The third-order valence-corrected chi connectivity index (χ3v) is 3.50. The summed E-state index contributed by atoms with van der Waals surface area (Å²) in [5.74, 6) is -1.41. The number of esters is 1. The Morgan fingerprint density at radius 2 is 1.83 bits per heavy atom. The molecule has 0 bridgehead atoms. The molecule has 0 atom stereocenters. The molecule has 0 fully saturated rings. The van der Waals surface area contributed by atoms with Crippen molar-refractivity contribution in [2.45, 2.75) is 6.92 Å². The normalized spacial score (nSPS) is 10.1. The van der Waals surface area contributed by atoms with Crippen LogP contribution in [0.2, 0.25) is 5.02 Å². The molecule has 24 heavy (non-hydrogen) atoms. The number of methoxy groups -OCH3 is 1. The van der Waals surface area contributed by atoms with Crippen LogP contribution in [0.5, 0.6) is 0 Å². The van der Waals surface area contributed by atoms with Gasteiger partial charge in [-0.3, -0.25) is 14.9 Å². The summed E-state index contributed by atoms with van der Waals surface area (Å²) < 4.78 is 4.54. The quantitative estimate of drug-likeness (QED) is 0.517. The molecule has 1 amide bonds. The average Bonchev–Trinajstić information content (AvgIpc) is 2.56. The highest BCUT2D eigenvalue weighted by Gasteiger charge is 2.19. The number of anilines is 1. The second-order valence-corrected chi connectivity index (χ2v) is 5.36. The fourth-order valence-electron chi connectivity index (χ4n) is 2.00. The van der Waals surface area contributed by atoms with Crippen molar-refractivity contribution in [1.29, 1.82) is 0 Å². The Bertz CT molecular complexity index is 835. The fraction of sp³-hybridized carbons (Fsp3) is 0.125. The number of hydrogen-bond acceptors (Lipinski definition) is 5. The lowest BCUT2D eigenvalue weighted by Gasteiger charge is -2.09. The molecule has 0 aromatic heterocycles. The first kappa shape index (κ1) is 17.4. The first-order chi connectivity index (χ1) is 11.3. The molecule has 8 heteroatoms. The number of amides is 1. The molecule has 0 heterocycles. The number of nitro groups is 1. The van der Waals surface area contributed by atoms with Crippen molar-refractivity contribution in [3.05, 3.63) is 68.2 Å². The van der Waals surface area contributed by atoms with E-state index in [9.17, 15) is 19.7 Å². The van der Waals surface area contributed by atoms with Crippen LogP contribution in [0.15, 0.2) is 36.4 Å². The van der Waals surface area contributed by atoms with E-state index in [-0.39, 0.29) is 11.1 Å². The predicted octanol–water partition coefficient (Wildman–Crippen LogP) is 3.60. The number of nitro benzene ring substituents is 1. The Kier molecular flexibility index (Phi) is 5.15. The average molecular weight is 349 g/mol. The maximum atomic E-state index is 12.3. The Morgan fingerprint density at radius 1 is 1.17 bits per heavy atom. The van der Waals surface area contributed by atoms with E-state index >= 15 is 0 Å². The second kappa shape index (κ2) is 7.10. The molecule has 0 aliphatic heterocycles. The number of carbonyl (C=O) groups is 2. The predicted molar refractivity (Wildman–Crippen MR) is 88.6 cm³/mol. The van der Waals surface area contributed by atoms with Crippen molar-refractivity contribution in [1.82, 2.24) is 0 Å². The zero-order valence-corrected chi connectivity index (χ0v) is 13.6. The summed E-state index contributed by atoms with van der Waals surface area (Å²) in [5.41, 5.74) is 0.742. The van der Waals surface area contributed by atoms with Crippen LogP contribution >= 0.6 is 11.6 Å². The number of non-ortho nitro benzene ring substituents is 1. The summed E-state index contributed by atoms with van der Waals surface area (Å²) >= 11 is 6.05. The lowest BCUT2D eigenvalue weighted by atomic mass is 10.1. The number of benzene rings is 2. The van der Waals surface area contributed by atoms with Gasteiger partial charge < -0.3 is 10.1 Å². The van der Waals surface area contributed by atoms with Gasteiger partial charge in [-0.2, -0.15) is 0 Å². The van der Waals surface area contributed by atoms with E-state index in [0.717, 1.165) is 24.8 Å². The molecule has 2 aromatic rings. The van der Waals surface area contributed by atoms with Gasteiger partial charge in [0, 0.05) is 17.7 Å². The van der Waals surface area contributed by atoms with E-state index in [0.29, 0.717) is 10.7 Å². The summed E-state index contributed by atoms with van der Waals surface area (Å²) in [5, 5.41) is 13.9. The van der Waals surface area contributed by atoms with E-state index in [2.05, 4.69) is 10.1 Å². The summed E-state index contributed by atoms with van der Waals surface area (Å²) in [7, 11) is 1.15. The first-order valence-corrected chi connectivity index (χ1v) is 7.15. The minimum absolute atomic E-state index is 0.0544. The molecule has 124 valence electrons. The van der Waals surface area contributed by atoms with E-state index in [1.165, 1.54) is 6.07 Å². The van der Waals surface area contributed by atoms with Gasteiger partial charge in [0.15, 0.2) is 0 Å². The molecule has 7 nitrogen and oxygen atoms in total. The van der Waals surface area contributed by atoms with E-state index in [4.69, 9.17) is 11.6 Å². The van der Waals surface area contributed by atoms with Crippen LogP contribution in [0.3, 0.4) is 0 Å². The van der Waals surface area contributed by atoms with Gasteiger partial charge in [-0.25, -0.2) is 4.79 Å². The van der Waals surface area contributed by atoms with Gasteiger partial charge in [0.05, 0.1) is 28.3 Å². The number of halogens is 1. The molecule has 0 aliphatic carbocycles. The molecule has 1 N–H and O–H groups in total. The Balaban J connectivity index is 2.39. The highest BCUT2D eigenvalue weighted by atomic mass is 35.5. The maximum Gasteiger partial charge on any atom is 0.338 e. The van der Waals surface area contributed by atoms with E-state index < -0.39 is 22.5 Å². The highest BCUT2D eigenvalue weighted by molar-refractivity contribution is 6.34. The Labute approximate surface area is 142 Å². The second-order valence-electron chi connectivity index (χ2n) is 4.95. The molecule has 0 spiro atoms. The SMILES string of the molecule is COC(=O)c1cc(C(=O)Nc2ccc(C)cc2Cl)cc([N+](=O)[O-])c1. The largest absolute Gasteiger partial charge is 0.465 e. The van der Waals surface area contributed by atoms with Crippen molar-refractivity contribution in [2.24, 2.45) is 0 Å². The van der Waals surface area contributed by atoms with Gasteiger partial charge in [0.25, 0.3) is 11.6 Å². The molecule has 0 aliphatic rings. The smallest absolute Gasteiger partial charge is 0.338 e. The fourth-order valence-corrected chi connectivity index (χ4v) is 2.28. The third-order valence-electron chi connectivity index (χ3n) is 3.18. The molecular weight excluding hydrogens is 336 g/mol. The van der Waals surface area contributed by atoms with Crippen LogP contribution in [0, 0.1) is 17.0 Å². The number of hydrogen-bond donors (Lipinski definition) is 1. The van der Waals surface area contributed by atoms with Crippen LogP contribution in [0.4, 0.5) is 11.4 Å². The summed E-state index contributed by atoms with van der Waals surface area (Å²) in [4.78, 5) is 34.3. The van der Waals surface area contributed by atoms with Crippen molar-refractivity contribution in [3.63, 3.8) is 0 Å². The minimum Gasteiger partial charge on any atom is -0.465 e. The third kappa shape index (κ3) is 3.88. The molecule has 0 saturated heterocycles. The summed E-state index contributed by atoms with van der Waals surface area (Å²) in [6.07, 6.45) is 0. The zero-order chi connectivity index (χ0) is 17.9. The van der Waals surface area contributed by atoms with Crippen LogP contribution in [-0.2, 0) is 4.74 Å². The Hall–Kier alpha value is -2.93. The van der Waals surface area contributed by atoms with Crippen molar-refractivity contribution in [3.8, 4) is 0 Å². The summed E-state index contributed by atoms with van der Waals surface area (Å²) in [6, 6.07) is 8.38. The molecule has 2 aromatic carbocycles. The van der Waals surface area contributed by atoms with Crippen molar-refractivity contribution in [2.75, 3.05) is 12.4 Å². The van der Waals surface area contributed by atoms with Crippen LogP contribution < -0.4 is 5.32 Å². The van der Waals surface area contributed by atoms with Gasteiger partial charge in [-0.05, 0) is 30.7 Å². The zero-order valence-electron chi connectivity index (χ0n) is 12.8. The number of nitrogens with zero attached hydrogens (tertiary/aromatic N) is 1. The Morgan fingerprint density at radius 3 is 2.42 bits per heavy atom. The molecular formula is C16H13ClN2O5. The van der Waals surface area contributed by atoms with E-state index in [1.54, 1.807) is 18.2 Å². The van der Waals surface area contributed by atoms with Crippen LogP contribution in [-0.4, -0.2) is 23.9 Å². The van der Waals surface area contributed by atoms with Crippen molar-refractivity contribution < 1.29 is 19.2 Å². The van der Waals surface area contributed by atoms with Crippen molar-refractivity contribution >= 4 is 34.9 Å². The lowest BCUT2D eigenvalue weighted by molar-refractivity contribution is -0.384. The standard InChI is InChI=1S/C16H13ClN2O5/c1-9-3-4-14(13(17)5-9)18-15(20)10-6-11(16(21)24-2)8-12(7-10)19(22)23/h3-8H,1-2H3,(H,18,20). The van der Waals surface area contributed by atoms with Gasteiger partial charge in [0.1, 0.15) is 0 Å². The molecule has 2 rings (SSSR count). The maximum absolute atomic E-state index is 12.3. The van der Waals surface area contributed by atoms with Crippen LogP contribution in [0.25, 0.3) is 0 Å². The number of nitrogens with one attached hydrogen (secondary N) is 1. The monoisotopic (exact) mass is 348 g/mol. The van der Waals surface area contributed by atoms with Gasteiger partial charge in [-0.1, -0.05) is 17.7 Å². The minimum atomic E-state index is -0.777. The van der Waals surface area contributed by atoms with Gasteiger partial charge in [0.2, 0.25) is 0 Å². The molecule has 0 radical (unpaired) electrons.